The van der Waals surface area contributed by atoms with Crippen molar-refractivity contribution in [2.75, 3.05) is 5.32 Å². The third-order valence-corrected chi connectivity index (χ3v) is 5.94. The molecular formula is C23H18ClNO. The Balaban J connectivity index is 1.64. The Hall–Kier alpha value is -2.58. The monoisotopic (exact) mass is 359 g/mol. The summed E-state index contributed by atoms with van der Waals surface area (Å²) in [6, 6.07) is 23.8. The van der Waals surface area contributed by atoms with E-state index < -0.39 is 0 Å². The Morgan fingerprint density at radius 3 is 2.54 bits per heavy atom. The number of benzene rings is 3. The van der Waals surface area contributed by atoms with Gasteiger partial charge in [0.2, 0.25) is 0 Å². The summed E-state index contributed by atoms with van der Waals surface area (Å²) in [6.07, 6.45) is 0.906. The fraction of sp³-hybridized carbons (Fsp3) is 0.174. The van der Waals surface area contributed by atoms with Crippen LogP contribution in [0.25, 0.3) is 0 Å². The fourth-order valence-electron chi connectivity index (χ4n) is 4.57. The van der Waals surface area contributed by atoms with Crippen molar-refractivity contribution in [3.8, 4) is 0 Å². The van der Waals surface area contributed by atoms with Crippen molar-refractivity contribution >= 4 is 23.1 Å². The normalized spacial score (nSPS) is 22.7. The zero-order valence-corrected chi connectivity index (χ0v) is 14.9. The largest absolute Gasteiger partial charge is 0.374 e. The van der Waals surface area contributed by atoms with Gasteiger partial charge < -0.3 is 5.32 Å². The number of rotatable bonds is 2. The Kier molecular flexibility index (Phi) is 3.61. The second-order valence-electron chi connectivity index (χ2n) is 7.13. The molecule has 0 radical (unpaired) electrons. The molecular weight excluding hydrogens is 342 g/mol. The van der Waals surface area contributed by atoms with E-state index >= 15 is 0 Å². The number of fused-ring (bicyclic) bond motifs is 5. The van der Waals surface area contributed by atoms with Gasteiger partial charge in [-0.25, -0.2) is 0 Å². The predicted octanol–water partition coefficient (Wildman–Crippen LogP) is 5.32. The SMILES string of the molecule is O=C(c1ccccc1)[C@H]1Nc2ccc(Cl)cc2C2c3ccccc3CC21. The number of hydrogen-bond donors (Lipinski definition) is 1. The van der Waals surface area contributed by atoms with E-state index in [1.807, 2.05) is 48.5 Å². The molecule has 3 heteroatoms. The zero-order valence-electron chi connectivity index (χ0n) is 14.2. The standard InChI is InChI=1S/C23H18ClNO/c24-16-10-11-20-18(13-16)21-17-9-5-4-8-15(17)12-19(21)22(25-20)23(26)14-6-2-1-3-7-14/h1-11,13,19,21-22,25H,12H2/t19?,21?,22-/m0/s1. The summed E-state index contributed by atoms with van der Waals surface area (Å²) in [4.78, 5) is 13.3. The molecule has 0 spiro atoms. The van der Waals surface area contributed by atoms with Crippen molar-refractivity contribution in [2.24, 2.45) is 5.92 Å². The number of Topliss-reactive ketones (excluding diaryl/α,β-unsaturated/α-hetero) is 1. The summed E-state index contributed by atoms with van der Waals surface area (Å²) >= 11 is 6.29. The van der Waals surface area contributed by atoms with Crippen molar-refractivity contribution in [1.82, 2.24) is 0 Å². The quantitative estimate of drug-likeness (QED) is 0.627. The minimum atomic E-state index is -0.233. The van der Waals surface area contributed by atoms with Gasteiger partial charge in [-0.2, -0.15) is 0 Å². The summed E-state index contributed by atoms with van der Waals surface area (Å²) in [5, 5.41) is 4.26. The number of halogens is 1. The molecule has 5 rings (SSSR count). The highest BCUT2D eigenvalue weighted by molar-refractivity contribution is 6.30. The molecule has 0 aromatic heterocycles. The summed E-state index contributed by atoms with van der Waals surface area (Å²) in [6.45, 7) is 0. The van der Waals surface area contributed by atoms with Crippen LogP contribution in [0.1, 0.15) is 33.0 Å². The van der Waals surface area contributed by atoms with Crippen LogP contribution in [0.4, 0.5) is 5.69 Å². The molecule has 0 saturated heterocycles. The lowest BCUT2D eigenvalue weighted by atomic mass is 9.75. The van der Waals surface area contributed by atoms with Gasteiger partial charge in [-0.15, -0.1) is 0 Å². The van der Waals surface area contributed by atoms with Gasteiger partial charge in [-0.3, -0.25) is 4.79 Å². The molecule has 3 aromatic carbocycles. The summed E-state index contributed by atoms with van der Waals surface area (Å²) in [5.41, 5.74) is 5.64. The van der Waals surface area contributed by atoms with Crippen LogP contribution in [0.3, 0.4) is 0 Å². The number of hydrogen-bond acceptors (Lipinski definition) is 2. The van der Waals surface area contributed by atoms with E-state index in [4.69, 9.17) is 11.6 Å². The second-order valence-corrected chi connectivity index (χ2v) is 7.56. The lowest BCUT2D eigenvalue weighted by molar-refractivity contribution is 0.0938. The van der Waals surface area contributed by atoms with Crippen LogP contribution in [0.15, 0.2) is 72.8 Å². The summed E-state index contributed by atoms with van der Waals surface area (Å²) in [7, 11) is 0. The molecule has 3 atom stereocenters. The topological polar surface area (TPSA) is 29.1 Å². The number of carbonyl (C=O) groups is 1. The van der Waals surface area contributed by atoms with Crippen LogP contribution in [0, 0.1) is 5.92 Å². The number of ketones is 1. The zero-order chi connectivity index (χ0) is 17.7. The number of nitrogens with one attached hydrogen (secondary N) is 1. The lowest BCUT2D eigenvalue weighted by Crippen LogP contribution is -2.42. The van der Waals surface area contributed by atoms with Gasteiger partial charge in [0.15, 0.2) is 5.78 Å². The molecule has 128 valence electrons. The van der Waals surface area contributed by atoms with Gasteiger partial charge in [-0.05, 0) is 41.3 Å². The van der Waals surface area contributed by atoms with Crippen LogP contribution in [0.5, 0.6) is 0 Å². The maximum Gasteiger partial charge on any atom is 0.185 e. The van der Waals surface area contributed by atoms with Crippen molar-refractivity contribution in [2.45, 2.75) is 18.4 Å². The van der Waals surface area contributed by atoms with Crippen LogP contribution in [-0.2, 0) is 6.42 Å². The van der Waals surface area contributed by atoms with E-state index in [0.29, 0.717) is 0 Å². The lowest BCUT2D eigenvalue weighted by Gasteiger charge is -2.37. The first-order valence-electron chi connectivity index (χ1n) is 8.95. The van der Waals surface area contributed by atoms with Crippen LogP contribution < -0.4 is 5.32 Å². The molecule has 0 saturated carbocycles. The Bertz CT molecular complexity index is 998. The molecule has 26 heavy (non-hydrogen) atoms. The summed E-state index contributed by atoms with van der Waals surface area (Å²) < 4.78 is 0. The molecule has 3 aromatic rings. The molecule has 2 unspecified atom stereocenters. The molecule has 0 bridgehead atoms. The first-order chi connectivity index (χ1) is 12.7. The van der Waals surface area contributed by atoms with E-state index in [1.165, 1.54) is 16.7 Å². The third kappa shape index (κ3) is 2.37. The van der Waals surface area contributed by atoms with Crippen molar-refractivity contribution in [3.63, 3.8) is 0 Å². The van der Waals surface area contributed by atoms with E-state index in [1.54, 1.807) is 0 Å². The van der Waals surface area contributed by atoms with Gasteiger partial charge in [-0.1, -0.05) is 66.2 Å². The van der Waals surface area contributed by atoms with E-state index in [2.05, 4.69) is 29.6 Å². The van der Waals surface area contributed by atoms with Gasteiger partial charge in [0.1, 0.15) is 0 Å². The minimum Gasteiger partial charge on any atom is -0.374 e. The van der Waals surface area contributed by atoms with Gasteiger partial charge in [0, 0.05) is 28.1 Å². The Morgan fingerprint density at radius 1 is 0.923 bits per heavy atom. The van der Waals surface area contributed by atoms with Gasteiger partial charge >= 0.3 is 0 Å². The minimum absolute atomic E-state index is 0.161. The van der Waals surface area contributed by atoms with E-state index in [0.717, 1.165) is 22.7 Å². The molecule has 1 N–H and O–H groups in total. The smallest absolute Gasteiger partial charge is 0.185 e. The van der Waals surface area contributed by atoms with Crippen molar-refractivity contribution in [1.29, 1.82) is 0 Å². The third-order valence-electron chi connectivity index (χ3n) is 5.70. The first kappa shape index (κ1) is 15.7. The molecule has 1 aliphatic heterocycles. The number of carbonyl (C=O) groups excluding carboxylic acids is 1. The molecule has 1 heterocycles. The Morgan fingerprint density at radius 2 is 1.69 bits per heavy atom. The van der Waals surface area contributed by atoms with Gasteiger partial charge in [0.05, 0.1) is 6.04 Å². The first-order valence-corrected chi connectivity index (χ1v) is 9.33. The average Bonchev–Trinajstić information content (AvgIpc) is 3.07. The molecule has 1 aliphatic carbocycles. The van der Waals surface area contributed by atoms with Crippen molar-refractivity contribution in [3.05, 3.63) is 100 Å². The number of anilines is 1. The van der Waals surface area contributed by atoms with Crippen LogP contribution >= 0.6 is 11.6 Å². The highest BCUT2D eigenvalue weighted by Gasteiger charge is 2.45. The highest BCUT2D eigenvalue weighted by Crippen LogP contribution is 2.50. The maximum absolute atomic E-state index is 13.3. The van der Waals surface area contributed by atoms with Gasteiger partial charge in [0.25, 0.3) is 0 Å². The fourth-order valence-corrected chi connectivity index (χ4v) is 4.75. The highest BCUT2D eigenvalue weighted by atomic mass is 35.5. The Labute approximate surface area is 157 Å². The molecule has 2 nitrogen and oxygen atoms in total. The molecule has 2 aliphatic rings. The average molecular weight is 360 g/mol. The van der Waals surface area contributed by atoms with E-state index in [-0.39, 0.29) is 23.7 Å². The predicted molar refractivity (Wildman–Crippen MR) is 105 cm³/mol. The molecule has 0 amide bonds. The summed E-state index contributed by atoms with van der Waals surface area (Å²) in [5.74, 6) is 0.568. The van der Waals surface area contributed by atoms with E-state index in [9.17, 15) is 4.79 Å². The molecule has 0 fully saturated rings. The maximum atomic E-state index is 13.3. The second kappa shape index (κ2) is 6.00. The van der Waals surface area contributed by atoms with Crippen LogP contribution in [-0.4, -0.2) is 11.8 Å². The van der Waals surface area contributed by atoms with Crippen molar-refractivity contribution < 1.29 is 4.79 Å². The van der Waals surface area contributed by atoms with Crippen LogP contribution in [0.2, 0.25) is 5.02 Å².